The first kappa shape index (κ1) is 10.1. The molecule has 1 atom stereocenters. The van der Waals surface area contributed by atoms with Crippen LogP contribution in [0, 0.1) is 5.92 Å². The van der Waals surface area contributed by atoms with Gasteiger partial charge in [-0.05, 0) is 0 Å². The average molecular weight is 140 g/mol. The first-order valence-corrected chi connectivity index (χ1v) is 4.74. The van der Waals surface area contributed by atoms with E-state index in [2.05, 4.69) is 27.7 Å². The summed E-state index contributed by atoms with van der Waals surface area (Å²) in [5.41, 5.74) is 0. The normalized spacial score (nSPS) is 13.2. The van der Waals surface area contributed by atoms with Gasteiger partial charge in [-0.3, -0.25) is 0 Å². The largest absolute Gasteiger partial charge is 0.139 e. The molecule has 60 valence electrons. The molecule has 10 heavy (non-hydrogen) atoms. The molecule has 1 unspecified atom stereocenters. The van der Waals surface area contributed by atoms with E-state index in [4.69, 9.17) is 0 Å². The van der Waals surface area contributed by atoms with Crippen LogP contribution in [0.1, 0.15) is 34.1 Å². The molecular weight excluding hydrogens is 119 g/mol. The molecule has 0 aromatic rings. The summed E-state index contributed by atoms with van der Waals surface area (Å²) in [6, 6.07) is 0. The SMILES string of the molecule is CCB(CC)CC(C)CC. The van der Waals surface area contributed by atoms with E-state index < -0.39 is 0 Å². The van der Waals surface area contributed by atoms with Gasteiger partial charge in [-0.15, -0.1) is 0 Å². The summed E-state index contributed by atoms with van der Waals surface area (Å²) in [6.45, 7) is 10.2. The molecule has 0 fully saturated rings. The van der Waals surface area contributed by atoms with Gasteiger partial charge in [-0.2, -0.15) is 0 Å². The highest BCUT2D eigenvalue weighted by atomic mass is 14.0. The summed E-state index contributed by atoms with van der Waals surface area (Å²) in [4.78, 5) is 0. The molecule has 0 radical (unpaired) electrons. The molecule has 0 rings (SSSR count). The molecule has 0 aromatic carbocycles. The minimum atomic E-state index is 0.935. The Hall–Kier alpha value is 0.0649. The van der Waals surface area contributed by atoms with Gasteiger partial charge in [0.25, 0.3) is 0 Å². The molecule has 0 saturated heterocycles. The van der Waals surface area contributed by atoms with Gasteiger partial charge in [0.05, 0.1) is 0 Å². The second kappa shape index (κ2) is 5.82. The Morgan fingerprint density at radius 2 is 1.60 bits per heavy atom. The monoisotopic (exact) mass is 140 g/mol. The summed E-state index contributed by atoms with van der Waals surface area (Å²) in [7, 11) is 0. The van der Waals surface area contributed by atoms with E-state index in [0.29, 0.717) is 0 Å². The van der Waals surface area contributed by atoms with Crippen LogP contribution in [0.3, 0.4) is 0 Å². The Morgan fingerprint density at radius 1 is 1.10 bits per heavy atom. The molecule has 0 aliphatic heterocycles. The second-order valence-corrected chi connectivity index (χ2v) is 3.43. The smallest absolute Gasteiger partial charge is 0.0770 e. The Kier molecular flexibility index (Phi) is 5.86. The fraction of sp³-hybridized carbons (Fsp3) is 1.00. The van der Waals surface area contributed by atoms with Crippen molar-refractivity contribution in [1.29, 1.82) is 0 Å². The Bertz CT molecular complexity index is 67.1. The zero-order valence-corrected chi connectivity index (χ0v) is 7.98. The summed E-state index contributed by atoms with van der Waals surface area (Å²) >= 11 is 0. The van der Waals surface area contributed by atoms with Crippen molar-refractivity contribution < 1.29 is 0 Å². The summed E-state index contributed by atoms with van der Waals surface area (Å²) in [6.07, 6.45) is 5.50. The van der Waals surface area contributed by atoms with E-state index in [9.17, 15) is 0 Å². The van der Waals surface area contributed by atoms with Crippen molar-refractivity contribution in [3.8, 4) is 0 Å². The molecule has 0 spiro atoms. The maximum Gasteiger partial charge on any atom is 0.139 e. The van der Waals surface area contributed by atoms with Crippen molar-refractivity contribution in [2.45, 2.75) is 53.1 Å². The van der Waals surface area contributed by atoms with Crippen molar-refractivity contribution >= 4 is 6.71 Å². The van der Waals surface area contributed by atoms with Gasteiger partial charge in [0.15, 0.2) is 0 Å². The van der Waals surface area contributed by atoms with E-state index in [1.165, 1.54) is 25.4 Å². The maximum atomic E-state index is 2.36. The van der Waals surface area contributed by atoms with Crippen molar-refractivity contribution in [1.82, 2.24) is 0 Å². The molecule has 0 N–H and O–H groups in total. The van der Waals surface area contributed by atoms with Crippen LogP contribution < -0.4 is 0 Å². The summed E-state index contributed by atoms with van der Waals surface area (Å²) in [5.74, 6) is 0.935. The summed E-state index contributed by atoms with van der Waals surface area (Å²) < 4.78 is 0. The second-order valence-electron chi connectivity index (χ2n) is 3.43. The molecular formula is C9H21B. The van der Waals surface area contributed by atoms with Crippen molar-refractivity contribution in [2.24, 2.45) is 5.92 Å². The molecule has 0 aromatic heterocycles. The molecule has 1 heteroatoms. The third-order valence-electron chi connectivity index (χ3n) is 2.59. The fourth-order valence-corrected chi connectivity index (χ4v) is 1.36. The quantitative estimate of drug-likeness (QED) is 0.512. The Morgan fingerprint density at radius 3 is 1.90 bits per heavy atom. The standard InChI is InChI=1S/C9H21B/c1-5-9(4)8-10(6-2)7-3/h9H,5-8H2,1-4H3. The third kappa shape index (κ3) is 3.97. The molecule has 0 saturated carbocycles. The van der Waals surface area contributed by atoms with Gasteiger partial charge in [-0.1, -0.05) is 59.0 Å². The molecule has 0 aliphatic rings. The van der Waals surface area contributed by atoms with Crippen LogP contribution in [0.15, 0.2) is 0 Å². The van der Waals surface area contributed by atoms with Crippen molar-refractivity contribution in [3.63, 3.8) is 0 Å². The molecule has 0 bridgehead atoms. The maximum absolute atomic E-state index is 2.36. The van der Waals surface area contributed by atoms with Crippen LogP contribution in [0.2, 0.25) is 19.0 Å². The van der Waals surface area contributed by atoms with Gasteiger partial charge >= 0.3 is 0 Å². The first-order valence-electron chi connectivity index (χ1n) is 4.74. The topological polar surface area (TPSA) is 0 Å². The van der Waals surface area contributed by atoms with Crippen molar-refractivity contribution in [2.75, 3.05) is 0 Å². The van der Waals surface area contributed by atoms with E-state index >= 15 is 0 Å². The predicted octanol–water partition coefficient (Wildman–Crippen LogP) is 3.57. The molecule has 0 nitrogen and oxygen atoms in total. The minimum absolute atomic E-state index is 0.935. The highest BCUT2D eigenvalue weighted by molar-refractivity contribution is 6.58. The van der Waals surface area contributed by atoms with Crippen LogP contribution in [0.25, 0.3) is 0 Å². The fourth-order valence-electron chi connectivity index (χ4n) is 1.36. The van der Waals surface area contributed by atoms with E-state index in [1.54, 1.807) is 0 Å². The van der Waals surface area contributed by atoms with Gasteiger partial charge in [-0.25, -0.2) is 0 Å². The lowest BCUT2D eigenvalue weighted by molar-refractivity contribution is 0.617. The highest BCUT2D eigenvalue weighted by Gasteiger charge is 2.10. The lowest BCUT2D eigenvalue weighted by Crippen LogP contribution is -2.12. The van der Waals surface area contributed by atoms with Crippen LogP contribution in [0.5, 0.6) is 0 Å². The number of hydrogen-bond donors (Lipinski definition) is 0. The highest BCUT2D eigenvalue weighted by Crippen LogP contribution is 2.15. The van der Waals surface area contributed by atoms with Crippen molar-refractivity contribution in [3.05, 3.63) is 0 Å². The predicted molar refractivity (Wildman–Crippen MR) is 51.0 cm³/mol. The van der Waals surface area contributed by atoms with Crippen LogP contribution in [-0.2, 0) is 0 Å². The molecule has 0 heterocycles. The zero-order valence-electron chi connectivity index (χ0n) is 7.98. The van der Waals surface area contributed by atoms with E-state index in [0.717, 1.165) is 12.6 Å². The molecule has 0 aliphatic carbocycles. The Labute approximate surface area is 66.5 Å². The average Bonchev–Trinajstić information content (AvgIpc) is 1.99. The lowest BCUT2D eigenvalue weighted by atomic mass is 9.42. The summed E-state index contributed by atoms with van der Waals surface area (Å²) in [5, 5.41) is 0. The first-order chi connectivity index (χ1) is 4.74. The van der Waals surface area contributed by atoms with Gasteiger partial charge in [0, 0.05) is 0 Å². The van der Waals surface area contributed by atoms with Crippen LogP contribution in [-0.4, -0.2) is 6.71 Å². The van der Waals surface area contributed by atoms with Gasteiger partial charge < -0.3 is 0 Å². The van der Waals surface area contributed by atoms with Gasteiger partial charge in [0.2, 0.25) is 0 Å². The van der Waals surface area contributed by atoms with Crippen LogP contribution >= 0.6 is 0 Å². The zero-order chi connectivity index (χ0) is 7.98. The van der Waals surface area contributed by atoms with Gasteiger partial charge in [0.1, 0.15) is 6.71 Å². The number of hydrogen-bond acceptors (Lipinski definition) is 0. The number of rotatable bonds is 5. The minimum Gasteiger partial charge on any atom is -0.0770 e. The van der Waals surface area contributed by atoms with E-state index in [1.807, 2.05) is 0 Å². The Balaban J connectivity index is 3.41. The third-order valence-corrected chi connectivity index (χ3v) is 2.59. The molecule has 0 amide bonds. The lowest BCUT2D eigenvalue weighted by Gasteiger charge is -2.13. The van der Waals surface area contributed by atoms with Crippen LogP contribution in [0.4, 0.5) is 0 Å². The van der Waals surface area contributed by atoms with E-state index in [-0.39, 0.29) is 0 Å².